The van der Waals surface area contributed by atoms with Crippen LogP contribution in [0.1, 0.15) is 16.7 Å². The monoisotopic (exact) mass is 315 g/mol. The molecule has 2 aliphatic heterocycles. The highest BCUT2D eigenvalue weighted by Gasteiger charge is 2.14. The van der Waals surface area contributed by atoms with Crippen LogP contribution in [0.5, 0.6) is 17.2 Å². The second kappa shape index (κ2) is 6.50. The van der Waals surface area contributed by atoms with Crippen LogP contribution < -0.4 is 15.1 Å². The maximum Gasteiger partial charge on any atom is 0.162 e. The van der Waals surface area contributed by atoms with Crippen molar-refractivity contribution >= 4 is 6.08 Å². The Morgan fingerprint density at radius 1 is 0.667 bits per heavy atom. The second-order valence-corrected chi connectivity index (χ2v) is 5.59. The number of hydrogen-bond donors (Lipinski definition) is 1. The van der Waals surface area contributed by atoms with Crippen molar-refractivity contribution in [2.75, 3.05) is 0 Å². The normalized spacial score (nSPS) is 12.8. The predicted octanol–water partition coefficient (Wildman–Crippen LogP) is 4.94. The van der Waals surface area contributed by atoms with Gasteiger partial charge in [0.15, 0.2) is 5.75 Å². The Morgan fingerprint density at radius 3 is 1.92 bits per heavy atom. The van der Waals surface area contributed by atoms with Gasteiger partial charge in [0, 0.05) is 18.2 Å². The summed E-state index contributed by atoms with van der Waals surface area (Å²) in [5, 5.41) is 0. The minimum Gasteiger partial charge on any atom is -0.457 e. The Hall–Kier alpha value is -3.20. The smallest absolute Gasteiger partial charge is 0.162 e. The number of ether oxygens (including phenoxy) is 1. The van der Waals surface area contributed by atoms with Gasteiger partial charge in [-0.2, -0.15) is 0 Å². The summed E-state index contributed by atoms with van der Waals surface area (Å²) in [6, 6.07) is 24.2. The minimum atomic E-state index is 0.880. The Kier molecular flexibility index (Phi) is 3.90. The van der Waals surface area contributed by atoms with Crippen molar-refractivity contribution in [2.45, 2.75) is 6.42 Å². The molecule has 0 amide bonds. The molecule has 0 aromatic heterocycles. The molecule has 5 rings (SSSR count). The first-order valence-electron chi connectivity index (χ1n) is 7.92. The molecule has 0 spiro atoms. The summed E-state index contributed by atoms with van der Waals surface area (Å²) < 4.78 is 5.78. The van der Waals surface area contributed by atoms with Gasteiger partial charge in [-0.25, -0.2) is 5.48 Å². The van der Waals surface area contributed by atoms with Crippen molar-refractivity contribution in [2.24, 2.45) is 0 Å². The van der Waals surface area contributed by atoms with Gasteiger partial charge < -0.3 is 9.57 Å². The number of nitrogens with one attached hydrogen (secondary N) is 1. The number of hydroxylamine groups is 1. The molecule has 24 heavy (non-hydrogen) atoms. The molecular weight excluding hydrogens is 298 g/mol. The first kappa shape index (κ1) is 14.4. The van der Waals surface area contributed by atoms with E-state index in [0.29, 0.717) is 0 Å². The quantitative estimate of drug-likeness (QED) is 0.499. The van der Waals surface area contributed by atoms with Gasteiger partial charge >= 0.3 is 0 Å². The molecule has 0 saturated heterocycles. The molecule has 3 aromatic carbocycles. The van der Waals surface area contributed by atoms with Gasteiger partial charge in [-0.1, -0.05) is 54.6 Å². The zero-order chi connectivity index (χ0) is 16.2. The van der Waals surface area contributed by atoms with Gasteiger partial charge in [-0.3, -0.25) is 0 Å². The van der Waals surface area contributed by atoms with Crippen molar-refractivity contribution in [1.29, 1.82) is 0 Å². The third kappa shape index (κ3) is 2.97. The molecule has 0 unspecified atom stereocenters. The summed E-state index contributed by atoms with van der Waals surface area (Å²) in [5.41, 5.74) is 6.31. The highest BCUT2D eigenvalue weighted by Crippen LogP contribution is 2.35. The molecule has 1 N–H and O–H groups in total. The second-order valence-electron chi connectivity index (χ2n) is 5.59. The van der Waals surface area contributed by atoms with Crippen LogP contribution in [-0.2, 0) is 6.42 Å². The number of para-hydroxylation sites is 3. The SMILES string of the molecule is C1=Cc2ccccc2ON1.c1ccc2c(c1)Cc1ccccc1O2. The lowest BCUT2D eigenvalue weighted by Gasteiger charge is -2.19. The van der Waals surface area contributed by atoms with Crippen LogP contribution in [-0.4, -0.2) is 0 Å². The molecular formula is C21H17NO2. The molecule has 3 heteroatoms. The summed E-state index contributed by atoms with van der Waals surface area (Å²) in [7, 11) is 0. The number of hydrogen-bond acceptors (Lipinski definition) is 3. The maximum atomic E-state index is 5.78. The van der Waals surface area contributed by atoms with E-state index >= 15 is 0 Å². The number of benzene rings is 3. The van der Waals surface area contributed by atoms with E-state index in [1.54, 1.807) is 6.20 Å². The van der Waals surface area contributed by atoms with Crippen molar-refractivity contribution < 1.29 is 9.57 Å². The van der Waals surface area contributed by atoms with Gasteiger partial charge in [-0.15, -0.1) is 0 Å². The summed E-state index contributed by atoms with van der Waals surface area (Å²) in [6.45, 7) is 0. The van der Waals surface area contributed by atoms with Crippen LogP contribution in [0, 0.1) is 0 Å². The van der Waals surface area contributed by atoms with Gasteiger partial charge in [0.2, 0.25) is 0 Å². The van der Waals surface area contributed by atoms with Crippen LogP contribution in [0.3, 0.4) is 0 Å². The Balaban J connectivity index is 0.000000129. The van der Waals surface area contributed by atoms with E-state index in [0.717, 1.165) is 29.2 Å². The fourth-order valence-electron chi connectivity index (χ4n) is 2.75. The lowest BCUT2D eigenvalue weighted by atomic mass is 10.0. The van der Waals surface area contributed by atoms with E-state index in [1.807, 2.05) is 54.6 Å². The Labute approximate surface area is 141 Å². The fraction of sp³-hybridized carbons (Fsp3) is 0.0476. The van der Waals surface area contributed by atoms with Crippen LogP contribution in [0.25, 0.3) is 6.08 Å². The van der Waals surface area contributed by atoms with Crippen LogP contribution in [0.2, 0.25) is 0 Å². The molecule has 118 valence electrons. The van der Waals surface area contributed by atoms with Crippen molar-refractivity contribution in [1.82, 2.24) is 5.48 Å². The van der Waals surface area contributed by atoms with E-state index < -0.39 is 0 Å². The molecule has 2 aliphatic rings. The molecule has 2 heterocycles. The summed E-state index contributed by atoms with van der Waals surface area (Å²) in [5.74, 6) is 2.86. The molecule has 0 fully saturated rings. The third-order valence-electron chi connectivity index (χ3n) is 3.96. The third-order valence-corrected chi connectivity index (χ3v) is 3.96. The highest BCUT2D eigenvalue weighted by molar-refractivity contribution is 5.58. The van der Waals surface area contributed by atoms with E-state index in [2.05, 4.69) is 29.7 Å². The predicted molar refractivity (Wildman–Crippen MR) is 95.0 cm³/mol. The molecule has 3 nitrogen and oxygen atoms in total. The summed E-state index contributed by atoms with van der Waals surface area (Å²) in [6.07, 6.45) is 4.72. The van der Waals surface area contributed by atoms with Gasteiger partial charge in [0.25, 0.3) is 0 Å². The zero-order valence-corrected chi connectivity index (χ0v) is 13.1. The van der Waals surface area contributed by atoms with Crippen molar-refractivity contribution in [3.05, 3.63) is 95.7 Å². The lowest BCUT2D eigenvalue weighted by Crippen LogP contribution is -2.13. The Morgan fingerprint density at radius 2 is 1.25 bits per heavy atom. The largest absolute Gasteiger partial charge is 0.457 e. The first-order chi connectivity index (χ1) is 11.9. The van der Waals surface area contributed by atoms with E-state index in [-0.39, 0.29) is 0 Å². The van der Waals surface area contributed by atoms with E-state index in [9.17, 15) is 0 Å². The lowest BCUT2D eigenvalue weighted by molar-refractivity contribution is 0.239. The average Bonchev–Trinajstić information content (AvgIpc) is 2.67. The van der Waals surface area contributed by atoms with E-state index in [1.165, 1.54) is 11.1 Å². The maximum absolute atomic E-state index is 5.78. The summed E-state index contributed by atoms with van der Waals surface area (Å²) in [4.78, 5) is 5.09. The standard InChI is InChI=1S/C13H10O.C8H7NO/c1-3-7-12-10(5-1)9-11-6-2-4-8-13(11)14-12;1-2-4-8-7(3-1)5-6-9-10-8/h1-8H,9H2;1-6,9H. The summed E-state index contributed by atoms with van der Waals surface area (Å²) >= 11 is 0. The minimum absolute atomic E-state index is 0.880. The molecule has 0 aliphatic carbocycles. The number of rotatable bonds is 0. The van der Waals surface area contributed by atoms with Gasteiger partial charge in [0.05, 0.1) is 0 Å². The average molecular weight is 315 g/mol. The van der Waals surface area contributed by atoms with Crippen LogP contribution in [0.15, 0.2) is 79.0 Å². The van der Waals surface area contributed by atoms with Crippen LogP contribution in [0.4, 0.5) is 0 Å². The zero-order valence-electron chi connectivity index (χ0n) is 13.1. The molecule has 0 saturated carbocycles. The van der Waals surface area contributed by atoms with Crippen molar-refractivity contribution in [3.8, 4) is 17.2 Å². The van der Waals surface area contributed by atoms with Crippen LogP contribution >= 0.6 is 0 Å². The molecule has 3 aromatic rings. The molecule has 0 atom stereocenters. The van der Waals surface area contributed by atoms with E-state index in [4.69, 9.17) is 9.57 Å². The fourth-order valence-corrected chi connectivity index (χ4v) is 2.75. The molecule has 0 radical (unpaired) electrons. The Bertz CT molecular complexity index is 799. The highest BCUT2D eigenvalue weighted by atomic mass is 16.6. The van der Waals surface area contributed by atoms with Gasteiger partial charge in [-0.05, 0) is 35.4 Å². The number of fused-ring (bicyclic) bond motifs is 3. The first-order valence-corrected chi connectivity index (χ1v) is 7.92. The topological polar surface area (TPSA) is 30.5 Å². The van der Waals surface area contributed by atoms with Gasteiger partial charge in [0.1, 0.15) is 11.5 Å². The molecule has 0 bridgehead atoms. The van der Waals surface area contributed by atoms with Crippen molar-refractivity contribution in [3.63, 3.8) is 0 Å².